The maximum Gasteiger partial charge on any atom is 0.435 e. The SMILES string of the molecule is CCS(=O)(=O)c1cc(C(F)(F)F)cnc1C(=O)N(C)c1cc(C(F)(F)F)nn1C. The minimum absolute atomic E-state index is 0.275. The fourth-order valence-electron chi connectivity index (χ4n) is 2.33. The minimum atomic E-state index is -4.91. The fraction of sp³-hybridized carbons (Fsp3) is 0.400. The average molecular weight is 444 g/mol. The molecule has 0 unspecified atom stereocenters. The van der Waals surface area contributed by atoms with E-state index in [2.05, 4.69) is 10.1 Å². The van der Waals surface area contributed by atoms with Crippen molar-refractivity contribution in [2.24, 2.45) is 7.05 Å². The third kappa shape index (κ3) is 4.52. The van der Waals surface area contributed by atoms with E-state index in [1.807, 2.05) is 0 Å². The molecule has 0 radical (unpaired) electrons. The number of pyridine rings is 1. The molecule has 0 aliphatic carbocycles. The number of aryl methyl sites for hydroxylation is 1. The van der Waals surface area contributed by atoms with Crippen LogP contribution in [-0.2, 0) is 29.2 Å². The van der Waals surface area contributed by atoms with Gasteiger partial charge in [-0.2, -0.15) is 31.4 Å². The smallest absolute Gasteiger partial charge is 0.295 e. The molecule has 0 saturated carbocycles. The molecule has 2 aromatic heterocycles. The molecule has 2 heterocycles. The zero-order chi connectivity index (χ0) is 22.4. The monoisotopic (exact) mass is 444 g/mol. The summed E-state index contributed by atoms with van der Waals surface area (Å²) in [5.74, 6) is -2.21. The van der Waals surface area contributed by atoms with Crippen LogP contribution in [0, 0.1) is 0 Å². The van der Waals surface area contributed by atoms with Crippen molar-refractivity contribution in [2.45, 2.75) is 24.2 Å². The molecule has 0 N–H and O–H groups in total. The van der Waals surface area contributed by atoms with Crippen molar-refractivity contribution < 1.29 is 39.6 Å². The molecule has 29 heavy (non-hydrogen) atoms. The van der Waals surface area contributed by atoms with Crippen molar-refractivity contribution in [1.29, 1.82) is 0 Å². The van der Waals surface area contributed by atoms with Gasteiger partial charge in [0.1, 0.15) is 11.5 Å². The van der Waals surface area contributed by atoms with Crippen LogP contribution >= 0.6 is 0 Å². The highest BCUT2D eigenvalue weighted by molar-refractivity contribution is 7.91. The van der Waals surface area contributed by atoms with Gasteiger partial charge < -0.3 is 0 Å². The number of hydrogen-bond acceptors (Lipinski definition) is 5. The minimum Gasteiger partial charge on any atom is -0.295 e. The first kappa shape index (κ1) is 22.6. The van der Waals surface area contributed by atoms with Gasteiger partial charge in [-0.15, -0.1) is 0 Å². The Morgan fingerprint density at radius 1 is 1.14 bits per heavy atom. The summed E-state index contributed by atoms with van der Waals surface area (Å²) in [7, 11) is -2.19. The molecule has 0 atom stereocenters. The first-order chi connectivity index (χ1) is 13.1. The highest BCUT2D eigenvalue weighted by atomic mass is 32.2. The van der Waals surface area contributed by atoms with E-state index in [1.54, 1.807) is 0 Å². The molecule has 0 aliphatic rings. The molecule has 7 nitrogen and oxygen atoms in total. The zero-order valence-corrected chi connectivity index (χ0v) is 15.9. The summed E-state index contributed by atoms with van der Waals surface area (Å²) in [5.41, 5.74) is -3.54. The summed E-state index contributed by atoms with van der Waals surface area (Å²) in [6.45, 7) is 1.16. The molecule has 0 fully saturated rings. The van der Waals surface area contributed by atoms with Crippen LogP contribution in [0.2, 0.25) is 0 Å². The molecule has 0 spiro atoms. The van der Waals surface area contributed by atoms with Gasteiger partial charge in [0.2, 0.25) is 0 Å². The molecule has 14 heteroatoms. The van der Waals surface area contributed by atoms with Crippen LogP contribution in [0.25, 0.3) is 0 Å². The first-order valence-corrected chi connectivity index (χ1v) is 9.44. The normalized spacial score (nSPS) is 12.9. The maximum absolute atomic E-state index is 12.9. The number of hydrogen-bond donors (Lipinski definition) is 0. The number of sulfone groups is 1. The molecule has 0 aromatic carbocycles. The van der Waals surface area contributed by atoms with Crippen molar-refractivity contribution in [1.82, 2.24) is 14.8 Å². The van der Waals surface area contributed by atoms with Gasteiger partial charge in [0.15, 0.2) is 15.5 Å². The van der Waals surface area contributed by atoms with Crippen LogP contribution < -0.4 is 4.90 Å². The van der Waals surface area contributed by atoms with E-state index in [0.717, 1.165) is 25.7 Å². The van der Waals surface area contributed by atoms with Crippen molar-refractivity contribution >= 4 is 21.6 Å². The fourth-order valence-corrected chi connectivity index (χ4v) is 3.38. The second kappa shape index (κ2) is 7.31. The Bertz CT molecular complexity index is 1040. The molecule has 0 bridgehead atoms. The van der Waals surface area contributed by atoms with Gasteiger partial charge in [0, 0.05) is 26.4 Å². The Balaban J connectivity index is 2.59. The number of carbonyl (C=O) groups excluding carboxylic acids is 1. The Morgan fingerprint density at radius 3 is 2.17 bits per heavy atom. The van der Waals surface area contributed by atoms with Crippen molar-refractivity contribution in [3.63, 3.8) is 0 Å². The topological polar surface area (TPSA) is 85.2 Å². The van der Waals surface area contributed by atoms with E-state index in [9.17, 15) is 39.6 Å². The molecule has 160 valence electrons. The molecule has 2 aromatic rings. The van der Waals surface area contributed by atoms with E-state index in [0.29, 0.717) is 11.0 Å². The predicted molar refractivity (Wildman–Crippen MR) is 87.9 cm³/mol. The largest absolute Gasteiger partial charge is 0.435 e. The quantitative estimate of drug-likeness (QED) is 0.677. The van der Waals surface area contributed by atoms with Crippen molar-refractivity contribution in [3.05, 3.63) is 35.3 Å². The van der Waals surface area contributed by atoms with Crippen molar-refractivity contribution in [2.75, 3.05) is 17.7 Å². The molecule has 2 rings (SSSR count). The second-order valence-electron chi connectivity index (χ2n) is 5.85. The van der Waals surface area contributed by atoms with Gasteiger partial charge in [-0.25, -0.2) is 13.4 Å². The Hall–Kier alpha value is -2.64. The summed E-state index contributed by atoms with van der Waals surface area (Å²) in [4.78, 5) is 15.7. The summed E-state index contributed by atoms with van der Waals surface area (Å²) in [5, 5.41) is 3.22. The summed E-state index contributed by atoms with van der Waals surface area (Å²) in [6, 6.07) is 0.813. The number of alkyl halides is 6. The highest BCUT2D eigenvalue weighted by Crippen LogP contribution is 2.33. The average Bonchev–Trinajstić information content (AvgIpc) is 3.01. The van der Waals surface area contributed by atoms with Gasteiger partial charge in [-0.1, -0.05) is 6.92 Å². The van der Waals surface area contributed by atoms with Gasteiger partial charge in [0.25, 0.3) is 5.91 Å². The van der Waals surface area contributed by atoms with Crippen LogP contribution in [0.15, 0.2) is 23.2 Å². The lowest BCUT2D eigenvalue weighted by molar-refractivity contribution is -0.141. The van der Waals surface area contributed by atoms with Gasteiger partial charge in [-0.3, -0.25) is 14.4 Å². The van der Waals surface area contributed by atoms with E-state index in [1.165, 1.54) is 0 Å². The number of anilines is 1. The van der Waals surface area contributed by atoms with E-state index in [-0.39, 0.29) is 18.1 Å². The lowest BCUT2D eigenvalue weighted by Crippen LogP contribution is -2.31. The van der Waals surface area contributed by atoms with Crippen LogP contribution in [-0.4, -0.2) is 41.9 Å². The number of amides is 1. The highest BCUT2D eigenvalue weighted by Gasteiger charge is 2.37. The first-order valence-electron chi connectivity index (χ1n) is 7.79. The second-order valence-corrected chi connectivity index (χ2v) is 8.09. The maximum atomic E-state index is 12.9. The standard InChI is InChI=1S/C15H14F6N4O3S/c1-4-29(27,28)9-5-8(14(16,17)18)7-22-12(9)13(26)24(2)11-6-10(15(19,20)21)23-25(11)3/h5-7H,4H2,1-3H3. The summed E-state index contributed by atoms with van der Waals surface area (Å²) in [6.07, 6.45) is -9.44. The van der Waals surface area contributed by atoms with Crippen LogP contribution in [0.5, 0.6) is 0 Å². The Morgan fingerprint density at radius 2 is 1.72 bits per heavy atom. The van der Waals surface area contributed by atoms with Gasteiger partial charge in [-0.05, 0) is 6.07 Å². The van der Waals surface area contributed by atoms with Crippen LogP contribution in [0.4, 0.5) is 32.2 Å². The van der Waals surface area contributed by atoms with Gasteiger partial charge >= 0.3 is 12.4 Å². The van der Waals surface area contributed by atoms with Gasteiger partial charge in [0.05, 0.1) is 16.2 Å². The Kier molecular flexibility index (Phi) is 5.71. The molecule has 0 aliphatic heterocycles. The van der Waals surface area contributed by atoms with Crippen molar-refractivity contribution in [3.8, 4) is 0 Å². The molecular formula is C15H14F6N4O3S. The van der Waals surface area contributed by atoms with E-state index >= 15 is 0 Å². The number of nitrogens with zero attached hydrogens (tertiary/aromatic N) is 4. The van der Waals surface area contributed by atoms with Crippen LogP contribution in [0.3, 0.4) is 0 Å². The van der Waals surface area contributed by atoms with E-state index in [4.69, 9.17) is 0 Å². The summed E-state index contributed by atoms with van der Waals surface area (Å²) >= 11 is 0. The summed E-state index contributed by atoms with van der Waals surface area (Å²) < 4.78 is 102. The number of halogens is 6. The number of rotatable bonds is 4. The lowest BCUT2D eigenvalue weighted by Gasteiger charge is -2.19. The number of carbonyl (C=O) groups is 1. The van der Waals surface area contributed by atoms with Crippen LogP contribution in [0.1, 0.15) is 28.7 Å². The third-order valence-electron chi connectivity index (χ3n) is 3.89. The lowest BCUT2D eigenvalue weighted by atomic mass is 10.2. The molecule has 1 amide bonds. The molecular weight excluding hydrogens is 430 g/mol. The zero-order valence-electron chi connectivity index (χ0n) is 15.1. The number of aromatic nitrogens is 3. The Labute approximate surface area is 160 Å². The van der Waals surface area contributed by atoms with E-state index < -0.39 is 55.7 Å². The molecule has 0 saturated heterocycles. The third-order valence-corrected chi connectivity index (χ3v) is 5.63. The predicted octanol–water partition coefficient (Wildman–Crippen LogP) is 2.92.